The number of halogens is 1. The van der Waals surface area contributed by atoms with Crippen molar-refractivity contribution >= 4 is 51.7 Å². The van der Waals surface area contributed by atoms with Gasteiger partial charge in [-0.05, 0) is 36.2 Å². The topological polar surface area (TPSA) is 96.6 Å². The number of nitrogens with zero attached hydrogens (tertiary/aromatic N) is 1. The quantitative estimate of drug-likeness (QED) is 0.210. The van der Waals surface area contributed by atoms with Crippen LogP contribution in [0.4, 0.5) is 0 Å². The molecule has 4 N–H and O–H groups in total. The number of guanidine groups is 1. The molecule has 0 spiro atoms. The molecule has 2 rings (SSSR count). The van der Waals surface area contributed by atoms with Crippen molar-refractivity contribution in [1.29, 1.82) is 0 Å². The van der Waals surface area contributed by atoms with Crippen LogP contribution in [0.25, 0.3) is 0 Å². The highest BCUT2D eigenvalue weighted by molar-refractivity contribution is 14.0. The van der Waals surface area contributed by atoms with Gasteiger partial charge >= 0.3 is 0 Å². The molecule has 0 heterocycles. The molecule has 0 radical (unpaired) electrons. The lowest BCUT2D eigenvalue weighted by Crippen LogP contribution is -2.40. The predicted octanol–water partition coefficient (Wildman–Crippen LogP) is 2.84. The van der Waals surface area contributed by atoms with Crippen LogP contribution in [0.1, 0.15) is 12.5 Å². The second kappa shape index (κ2) is 12.3. The summed E-state index contributed by atoms with van der Waals surface area (Å²) in [4.78, 5) is 5.61. The molecule has 9 heteroatoms. The number of nitrogens with two attached hydrogens (primary N) is 1. The zero-order chi connectivity index (χ0) is 19.7. The minimum absolute atomic E-state index is 0. The van der Waals surface area contributed by atoms with Gasteiger partial charge in [-0.1, -0.05) is 37.3 Å². The van der Waals surface area contributed by atoms with Crippen LogP contribution in [0.2, 0.25) is 0 Å². The van der Waals surface area contributed by atoms with Crippen LogP contribution in [0.15, 0.2) is 69.4 Å². The third-order valence-corrected chi connectivity index (χ3v) is 5.86. The van der Waals surface area contributed by atoms with Crippen molar-refractivity contribution < 1.29 is 8.42 Å². The first-order valence-corrected chi connectivity index (χ1v) is 11.1. The fraction of sp³-hybridized carbons (Fsp3) is 0.316. The molecule has 2 aromatic carbocycles. The van der Waals surface area contributed by atoms with E-state index in [-0.39, 0.29) is 28.9 Å². The van der Waals surface area contributed by atoms with Crippen LogP contribution in [0, 0.1) is 0 Å². The molecule has 6 nitrogen and oxygen atoms in total. The third-order valence-electron chi connectivity index (χ3n) is 3.82. The monoisotopic (exact) mass is 534 g/mol. The van der Waals surface area contributed by atoms with E-state index in [9.17, 15) is 8.42 Å². The number of benzene rings is 2. The van der Waals surface area contributed by atoms with Gasteiger partial charge in [-0.3, -0.25) is 4.99 Å². The summed E-state index contributed by atoms with van der Waals surface area (Å²) in [6.45, 7) is 3.65. The molecule has 0 bridgehead atoms. The first-order valence-electron chi connectivity index (χ1n) is 8.66. The van der Waals surface area contributed by atoms with E-state index in [0.29, 0.717) is 11.8 Å². The standard InChI is InChI=1S/C19H26N4O2S2.HI/c1-15(26-17-6-4-3-5-7-17)14-23-19(21-2)22-13-12-16-8-10-18(11-9-16)27(20,24)25;/h3-11,15H,12-14H2,1-2H3,(H2,20,24,25)(H2,21,22,23);1H. The van der Waals surface area contributed by atoms with Gasteiger partial charge in [0.15, 0.2) is 5.96 Å². The second-order valence-electron chi connectivity index (χ2n) is 6.06. The molecule has 1 atom stereocenters. The first-order chi connectivity index (χ1) is 12.9. The van der Waals surface area contributed by atoms with Crippen molar-refractivity contribution in [3.8, 4) is 0 Å². The summed E-state index contributed by atoms with van der Waals surface area (Å²) in [5.74, 6) is 0.747. The van der Waals surface area contributed by atoms with Crippen LogP contribution in [0.3, 0.4) is 0 Å². The highest BCUT2D eigenvalue weighted by Gasteiger charge is 2.07. The molecule has 1 unspecified atom stereocenters. The number of primary sulfonamides is 1. The summed E-state index contributed by atoms with van der Waals surface area (Å²) in [7, 11) is -1.90. The van der Waals surface area contributed by atoms with Gasteiger partial charge in [0, 0.05) is 30.3 Å². The van der Waals surface area contributed by atoms with Gasteiger partial charge in [-0.25, -0.2) is 13.6 Å². The summed E-state index contributed by atoms with van der Waals surface area (Å²) in [5, 5.41) is 12.1. The molecule has 28 heavy (non-hydrogen) atoms. The molecule has 0 aromatic heterocycles. The van der Waals surface area contributed by atoms with Crippen LogP contribution in [-0.2, 0) is 16.4 Å². The summed E-state index contributed by atoms with van der Waals surface area (Å²) in [6.07, 6.45) is 0.750. The average molecular weight is 534 g/mol. The molecule has 0 saturated heterocycles. The Kier molecular flexibility index (Phi) is 10.9. The first kappa shape index (κ1) is 24.7. The minimum Gasteiger partial charge on any atom is -0.356 e. The molecule has 0 saturated carbocycles. The molecule has 0 aliphatic rings. The average Bonchev–Trinajstić information content (AvgIpc) is 2.65. The molecule has 0 fully saturated rings. The smallest absolute Gasteiger partial charge is 0.238 e. The van der Waals surface area contributed by atoms with Gasteiger partial charge < -0.3 is 10.6 Å². The lowest BCUT2D eigenvalue weighted by molar-refractivity contribution is 0.598. The Morgan fingerprint density at radius 1 is 1.11 bits per heavy atom. The highest BCUT2D eigenvalue weighted by atomic mass is 127. The van der Waals surface area contributed by atoms with Gasteiger partial charge in [0.1, 0.15) is 0 Å². The Bertz CT molecular complexity index is 844. The van der Waals surface area contributed by atoms with Crippen molar-refractivity contribution in [2.75, 3.05) is 20.1 Å². The number of sulfonamides is 1. The summed E-state index contributed by atoms with van der Waals surface area (Å²) >= 11 is 1.82. The van der Waals surface area contributed by atoms with Gasteiger partial charge in [0.25, 0.3) is 0 Å². The number of rotatable bonds is 8. The fourth-order valence-corrected chi connectivity index (χ4v) is 3.87. The van der Waals surface area contributed by atoms with Crippen LogP contribution >= 0.6 is 35.7 Å². The van der Waals surface area contributed by atoms with E-state index < -0.39 is 10.0 Å². The van der Waals surface area contributed by atoms with Crippen molar-refractivity contribution in [2.24, 2.45) is 10.1 Å². The number of hydrogen-bond donors (Lipinski definition) is 3. The summed E-state index contributed by atoms with van der Waals surface area (Å²) in [6, 6.07) is 16.9. The lowest BCUT2D eigenvalue weighted by atomic mass is 10.1. The van der Waals surface area contributed by atoms with Crippen molar-refractivity contribution in [1.82, 2.24) is 10.6 Å². The van der Waals surface area contributed by atoms with E-state index in [2.05, 4.69) is 34.7 Å². The third kappa shape index (κ3) is 8.80. The van der Waals surface area contributed by atoms with Crippen LogP contribution in [0.5, 0.6) is 0 Å². The van der Waals surface area contributed by atoms with Crippen LogP contribution in [-0.4, -0.2) is 39.8 Å². The van der Waals surface area contributed by atoms with E-state index >= 15 is 0 Å². The minimum atomic E-state index is -3.64. The normalized spacial score (nSPS) is 12.8. The van der Waals surface area contributed by atoms with E-state index in [4.69, 9.17) is 5.14 Å². The van der Waals surface area contributed by atoms with Gasteiger partial charge in [0.2, 0.25) is 10.0 Å². The molecule has 154 valence electrons. The van der Waals surface area contributed by atoms with Gasteiger partial charge in [0.05, 0.1) is 4.90 Å². The Morgan fingerprint density at radius 2 is 1.75 bits per heavy atom. The molecule has 0 amide bonds. The van der Waals surface area contributed by atoms with Gasteiger partial charge in [-0.2, -0.15) is 0 Å². The Hall–Kier alpha value is -1.30. The maximum Gasteiger partial charge on any atom is 0.238 e. The fourth-order valence-electron chi connectivity index (χ4n) is 2.41. The number of nitrogens with one attached hydrogen (secondary N) is 2. The molecular formula is C19H27IN4O2S2. The SMILES string of the molecule is CN=C(NCCc1ccc(S(N)(=O)=O)cc1)NCC(C)Sc1ccccc1.I. The molecule has 0 aliphatic carbocycles. The molecule has 0 aliphatic heterocycles. The van der Waals surface area contributed by atoms with Crippen molar-refractivity contribution in [2.45, 2.75) is 28.4 Å². The van der Waals surface area contributed by atoms with Crippen molar-refractivity contribution in [3.63, 3.8) is 0 Å². The molecular weight excluding hydrogens is 507 g/mol. The second-order valence-corrected chi connectivity index (χ2v) is 9.13. The van der Waals surface area contributed by atoms with Crippen LogP contribution < -0.4 is 15.8 Å². The van der Waals surface area contributed by atoms with Gasteiger partial charge in [-0.15, -0.1) is 35.7 Å². The number of thioether (sulfide) groups is 1. The number of hydrogen-bond acceptors (Lipinski definition) is 4. The predicted molar refractivity (Wildman–Crippen MR) is 128 cm³/mol. The molecule has 2 aromatic rings. The lowest BCUT2D eigenvalue weighted by Gasteiger charge is -2.16. The Labute approximate surface area is 188 Å². The van der Waals surface area contributed by atoms with E-state index in [0.717, 1.165) is 24.5 Å². The Morgan fingerprint density at radius 3 is 2.32 bits per heavy atom. The maximum absolute atomic E-state index is 11.3. The largest absolute Gasteiger partial charge is 0.356 e. The maximum atomic E-state index is 11.3. The summed E-state index contributed by atoms with van der Waals surface area (Å²) in [5.41, 5.74) is 1.03. The zero-order valence-electron chi connectivity index (χ0n) is 16.0. The zero-order valence-corrected chi connectivity index (χ0v) is 19.9. The van der Waals surface area contributed by atoms with E-state index in [1.807, 2.05) is 30.0 Å². The highest BCUT2D eigenvalue weighted by Crippen LogP contribution is 2.21. The van der Waals surface area contributed by atoms with E-state index in [1.54, 1.807) is 19.2 Å². The Balaban J connectivity index is 0.00000392. The van der Waals surface area contributed by atoms with Crippen molar-refractivity contribution in [3.05, 3.63) is 60.2 Å². The number of aliphatic imine (C=N–C) groups is 1. The van der Waals surface area contributed by atoms with E-state index in [1.165, 1.54) is 17.0 Å². The summed E-state index contributed by atoms with van der Waals surface area (Å²) < 4.78 is 22.5.